The summed E-state index contributed by atoms with van der Waals surface area (Å²) in [5.41, 5.74) is 4.73. The summed E-state index contributed by atoms with van der Waals surface area (Å²) < 4.78 is 79.7. The summed E-state index contributed by atoms with van der Waals surface area (Å²) in [5, 5.41) is 3.99. The van der Waals surface area contributed by atoms with Gasteiger partial charge in [0.2, 0.25) is 5.91 Å². The number of carbonyl (C=O) groups is 1. The minimum Gasteiger partial charge on any atom is -0.396 e. The number of methoxy groups -OCH3 is 1. The molecule has 2 aromatic carbocycles. The van der Waals surface area contributed by atoms with Gasteiger partial charge in [-0.25, -0.2) is 0 Å². The quantitative estimate of drug-likeness (QED) is 0.214. The Morgan fingerprint density at radius 3 is 2.08 bits per heavy atom. The molecule has 1 amide bonds. The summed E-state index contributed by atoms with van der Waals surface area (Å²) in [6.07, 6.45) is -8.45. The third-order valence-electron chi connectivity index (χ3n) is 6.32. The standard InChI is InChI=1S/C17H25N3O2.C11H10F6O/c1-13(2)19-22-12-14-8-9-16(15-6-4-3-5-7-15)20(10-14)11-17(18)21;1-6(18-2)7-3-8(10(12,13)14)5-9(4-7)11(15,16)17/h3-7,14,16H,8-12H2,1-2H3,(H2,18,21);3-6H,1-2H3/t14-,16-;6-/m01/s1. The zero-order valence-corrected chi connectivity index (χ0v) is 22.9. The summed E-state index contributed by atoms with van der Waals surface area (Å²) >= 11 is 0. The number of nitrogens with two attached hydrogens (primary N) is 1. The maximum absolute atomic E-state index is 12.5. The fraction of sp³-hybridized carbons (Fsp3) is 0.500. The van der Waals surface area contributed by atoms with Crippen LogP contribution in [0.3, 0.4) is 0 Å². The fourth-order valence-electron chi connectivity index (χ4n) is 4.31. The zero-order valence-electron chi connectivity index (χ0n) is 22.9. The Kier molecular flexibility index (Phi) is 12.0. The van der Waals surface area contributed by atoms with Crippen molar-refractivity contribution in [3.63, 3.8) is 0 Å². The average molecular weight is 576 g/mol. The lowest BCUT2D eigenvalue weighted by molar-refractivity contribution is -0.143. The molecule has 0 bridgehead atoms. The molecule has 0 radical (unpaired) electrons. The van der Waals surface area contributed by atoms with Gasteiger partial charge in [0.1, 0.15) is 6.61 Å². The van der Waals surface area contributed by atoms with Crippen LogP contribution in [0, 0.1) is 5.92 Å². The molecule has 0 saturated carbocycles. The van der Waals surface area contributed by atoms with E-state index >= 15 is 0 Å². The smallest absolute Gasteiger partial charge is 0.396 e. The van der Waals surface area contributed by atoms with Crippen molar-refractivity contribution < 1.29 is 40.7 Å². The molecule has 0 aromatic heterocycles. The van der Waals surface area contributed by atoms with Crippen molar-refractivity contribution in [3.05, 3.63) is 70.8 Å². The van der Waals surface area contributed by atoms with Crippen molar-refractivity contribution in [3.8, 4) is 0 Å². The SMILES string of the molecule is CC(C)=NOC[C@H]1CC[C@@H](c2ccccc2)N(CC(N)=O)C1.CO[C@H](C)c1cc(C(F)(F)F)cc(C(F)(F)F)c1. The van der Waals surface area contributed by atoms with Crippen LogP contribution < -0.4 is 5.73 Å². The molecule has 1 saturated heterocycles. The van der Waals surface area contributed by atoms with E-state index in [1.54, 1.807) is 0 Å². The van der Waals surface area contributed by atoms with E-state index < -0.39 is 29.6 Å². The number of ether oxygens (including phenoxy) is 1. The second-order valence-corrected chi connectivity index (χ2v) is 9.82. The van der Waals surface area contributed by atoms with Crippen LogP contribution in [-0.2, 0) is 26.7 Å². The molecule has 0 aliphatic carbocycles. The van der Waals surface area contributed by atoms with Gasteiger partial charge < -0.3 is 15.3 Å². The van der Waals surface area contributed by atoms with Crippen molar-refractivity contribution in [2.45, 2.75) is 58.1 Å². The van der Waals surface area contributed by atoms with Crippen LogP contribution in [0.1, 0.15) is 68.0 Å². The van der Waals surface area contributed by atoms with E-state index in [1.807, 2.05) is 32.0 Å². The van der Waals surface area contributed by atoms with Gasteiger partial charge >= 0.3 is 12.4 Å². The highest BCUT2D eigenvalue weighted by Crippen LogP contribution is 2.38. The van der Waals surface area contributed by atoms with Crippen LogP contribution in [0.25, 0.3) is 0 Å². The first-order valence-electron chi connectivity index (χ1n) is 12.6. The number of piperidine rings is 1. The topological polar surface area (TPSA) is 77.1 Å². The largest absolute Gasteiger partial charge is 0.416 e. The molecule has 1 heterocycles. The molecule has 0 unspecified atom stereocenters. The molecule has 6 nitrogen and oxygen atoms in total. The molecular weight excluding hydrogens is 540 g/mol. The molecule has 3 rings (SSSR count). The summed E-state index contributed by atoms with van der Waals surface area (Å²) in [4.78, 5) is 18.9. The maximum atomic E-state index is 12.5. The first-order chi connectivity index (χ1) is 18.6. The molecular formula is C28H35F6N3O3. The molecule has 1 aliphatic heterocycles. The van der Waals surface area contributed by atoms with Crippen molar-refractivity contribution in [1.29, 1.82) is 0 Å². The molecule has 222 valence electrons. The second-order valence-electron chi connectivity index (χ2n) is 9.82. The van der Waals surface area contributed by atoms with Gasteiger partial charge in [-0.2, -0.15) is 26.3 Å². The molecule has 12 heteroatoms. The maximum Gasteiger partial charge on any atom is 0.416 e. The van der Waals surface area contributed by atoms with Crippen LogP contribution in [0.5, 0.6) is 0 Å². The van der Waals surface area contributed by atoms with Crippen LogP contribution >= 0.6 is 0 Å². The minimum atomic E-state index is -4.83. The highest BCUT2D eigenvalue weighted by Gasteiger charge is 2.37. The Bertz CT molecular complexity index is 1090. The van der Waals surface area contributed by atoms with E-state index in [0.29, 0.717) is 24.7 Å². The van der Waals surface area contributed by atoms with Crippen LogP contribution in [0.15, 0.2) is 53.7 Å². The highest BCUT2D eigenvalue weighted by molar-refractivity contribution is 5.78. The van der Waals surface area contributed by atoms with Gasteiger partial charge in [0.15, 0.2) is 0 Å². The molecule has 40 heavy (non-hydrogen) atoms. The monoisotopic (exact) mass is 575 g/mol. The summed E-state index contributed by atoms with van der Waals surface area (Å²) in [6, 6.07) is 11.9. The van der Waals surface area contributed by atoms with Gasteiger partial charge in [0, 0.05) is 25.6 Å². The normalized spacial score (nSPS) is 18.8. The molecule has 0 spiro atoms. The molecule has 3 atom stereocenters. The van der Waals surface area contributed by atoms with Gasteiger partial charge in [-0.1, -0.05) is 35.5 Å². The number of primary amides is 1. The van der Waals surface area contributed by atoms with Crippen molar-refractivity contribution in [1.82, 2.24) is 4.90 Å². The van der Waals surface area contributed by atoms with Gasteiger partial charge in [-0.05, 0) is 62.9 Å². The third kappa shape index (κ3) is 10.5. The number of oxime groups is 1. The number of benzene rings is 2. The average Bonchev–Trinajstić information content (AvgIpc) is 2.87. The van der Waals surface area contributed by atoms with Gasteiger partial charge in [0.25, 0.3) is 0 Å². The number of hydrogen-bond acceptors (Lipinski definition) is 5. The number of amides is 1. The Morgan fingerprint density at radius 2 is 1.60 bits per heavy atom. The van der Waals surface area contributed by atoms with Gasteiger partial charge in [-0.15, -0.1) is 0 Å². The molecule has 2 aromatic rings. The number of rotatable bonds is 8. The third-order valence-corrected chi connectivity index (χ3v) is 6.32. The van der Waals surface area contributed by atoms with E-state index in [-0.39, 0.29) is 30.1 Å². The lowest BCUT2D eigenvalue weighted by Gasteiger charge is -2.38. The lowest BCUT2D eigenvalue weighted by Crippen LogP contribution is -2.43. The number of likely N-dealkylation sites (tertiary alicyclic amines) is 1. The van der Waals surface area contributed by atoms with Crippen LogP contribution in [-0.4, -0.2) is 43.3 Å². The predicted octanol–water partition coefficient (Wildman–Crippen LogP) is 6.77. The number of halogens is 6. The van der Waals surface area contributed by atoms with Crippen LogP contribution in [0.2, 0.25) is 0 Å². The van der Waals surface area contributed by atoms with E-state index in [9.17, 15) is 31.1 Å². The number of alkyl halides is 6. The Hall–Kier alpha value is -3.12. The second kappa shape index (κ2) is 14.5. The Labute approximate surface area is 230 Å². The molecule has 1 aliphatic rings. The van der Waals surface area contributed by atoms with E-state index in [0.717, 1.165) is 25.1 Å². The zero-order chi connectivity index (χ0) is 30.1. The first-order valence-corrected chi connectivity index (χ1v) is 12.6. The van der Waals surface area contributed by atoms with Crippen molar-refractivity contribution in [2.75, 3.05) is 26.8 Å². The van der Waals surface area contributed by atoms with Gasteiger partial charge in [-0.3, -0.25) is 9.69 Å². The fourth-order valence-corrected chi connectivity index (χ4v) is 4.31. The van der Waals surface area contributed by atoms with Gasteiger partial charge in [0.05, 0.1) is 29.5 Å². The number of carbonyl (C=O) groups excluding carboxylic acids is 1. The molecule has 2 N–H and O–H groups in total. The van der Waals surface area contributed by atoms with Crippen LogP contribution in [0.4, 0.5) is 26.3 Å². The Morgan fingerprint density at radius 1 is 1.02 bits per heavy atom. The highest BCUT2D eigenvalue weighted by atomic mass is 19.4. The minimum absolute atomic E-state index is 0.0892. The number of nitrogens with zero attached hydrogens (tertiary/aromatic N) is 2. The lowest BCUT2D eigenvalue weighted by atomic mass is 9.89. The van der Waals surface area contributed by atoms with Crippen molar-refractivity contribution >= 4 is 11.6 Å². The van der Waals surface area contributed by atoms with E-state index in [2.05, 4.69) is 22.2 Å². The van der Waals surface area contributed by atoms with E-state index in [4.69, 9.17) is 15.3 Å². The number of hydrogen-bond donors (Lipinski definition) is 1. The van der Waals surface area contributed by atoms with Crippen molar-refractivity contribution in [2.24, 2.45) is 16.8 Å². The summed E-state index contributed by atoms with van der Waals surface area (Å²) in [7, 11) is 1.21. The van der Waals surface area contributed by atoms with E-state index in [1.165, 1.54) is 19.6 Å². The summed E-state index contributed by atoms with van der Waals surface area (Å²) in [6.45, 7) is 6.86. The predicted molar refractivity (Wildman–Crippen MR) is 139 cm³/mol. The summed E-state index contributed by atoms with van der Waals surface area (Å²) in [5.74, 6) is 0.0901. The first kappa shape index (κ1) is 33.1. The Balaban J connectivity index is 0.000000286. The molecule has 1 fully saturated rings.